The lowest BCUT2D eigenvalue weighted by molar-refractivity contribution is 0.378. The molecule has 0 atom stereocenters. The van der Waals surface area contributed by atoms with Crippen molar-refractivity contribution in [1.82, 2.24) is 4.31 Å². The van der Waals surface area contributed by atoms with Crippen LogP contribution < -0.4 is 0 Å². The molecule has 0 bridgehead atoms. The highest BCUT2D eigenvalue weighted by Crippen LogP contribution is 2.18. The maximum Gasteiger partial charge on any atom is 0.214 e. The Morgan fingerprint density at radius 3 is 2.50 bits per heavy atom. The highest BCUT2D eigenvalue weighted by molar-refractivity contribution is 7.89. The molecule has 1 aliphatic heterocycles. The van der Waals surface area contributed by atoms with Crippen LogP contribution in [0.4, 0.5) is 0 Å². The van der Waals surface area contributed by atoms with E-state index >= 15 is 0 Å². The first-order chi connectivity index (χ1) is 7.58. The third-order valence-corrected chi connectivity index (χ3v) is 4.88. The van der Waals surface area contributed by atoms with E-state index in [1.165, 1.54) is 0 Å². The van der Waals surface area contributed by atoms with Gasteiger partial charge in [0.15, 0.2) is 0 Å². The van der Waals surface area contributed by atoms with Crippen molar-refractivity contribution >= 4 is 21.6 Å². The van der Waals surface area contributed by atoms with Crippen LogP contribution in [0.5, 0.6) is 0 Å². The zero-order valence-corrected chi connectivity index (χ0v) is 10.5. The van der Waals surface area contributed by atoms with E-state index in [1.807, 2.05) is 12.1 Å². The van der Waals surface area contributed by atoms with Crippen molar-refractivity contribution < 1.29 is 8.42 Å². The van der Waals surface area contributed by atoms with E-state index < -0.39 is 10.0 Å². The lowest BCUT2D eigenvalue weighted by Crippen LogP contribution is -2.37. The van der Waals surface area contributed by atoms with Crippen molar-refractivity contribution in [2.24, 2.45) is 0 Å². The minimum Gasteiger partial charge on any atom is -0.212 e. The maximum atomic E-state index is 11.8. The average molecular weight is 260 g/mol. The Bertz CT molecular complexity index is 455. The fourth-order valence-electron chi connectivity index (χ4n) is 1.81. The quantitative estimate of drug-likeness (QED) is 0.817. The van der Waals surface area contributed by atoms with Crippen molar-refractivity contribution in [3.8, 4) is 0 Å². The molecule has 88 valence electrons. The van der Waals surface area contributed by atoms with E-state index in [4.69, 9.17) is 11.6 Å². The van der Waals surface area contributed by atoms with E-state index in [2.05, 4.69) is 0 Å². The fraction of sp³-hybridized carbons (Fsp3) is 0.455. The molecule has 1 fully saturated rings. The second kappa shape index (κ2) is 4.73. The molecule has 1 aromatic rings. The zero-order valence-electron chi connectivity index (χ0n) is 8.89. The zero-order chi connectivity index (χ0) is 11.6. The van der Waals surface area contributed by atoms with Crippen molar-refractivity contribution in [3.05, 3.63) is 34.9 Å². The van der Waals surface area contributed by atoms with Gasteiger partial charge >= 0.3 is 0 Å². The summed E-state index contributed by atoms with van der Waals surface area (Å²) in [4.78, 5) is 0. The number of benzene rings is 1. The summed E-state index contributed by atoms with van der Waals surface area (Å²) in [7, 11) is -3.03. The highest BCUT2D eigenvalue weighted by atomic mass is 35.5. The molecule has 0 spiro atoms. The Kier molecular flexibility index (Phi) is 3.52. The maximum absolute atomic E-state index is 11.8. The number of nitrogens with zero attached hydrogens (tertiary/aromatic N) is 1. The molecular weight excluding hydrogens is 246 g/mol. The van der Waals surface area contributed by atoms with Gasteiger partial charge in [-0.3, -0.25) is 0 Å². The van der Waals surface area contributed by atoms with Crippen LogP contribution in [-0.2, 0) is 16.6 Å². The predicted octanol–water partition coefficient (Wildman–Crippen LogP) is 2.27. The molecule has 1 aromatic carbocycles. The summed E-state index contributed by atoms with van der Waals surface area (Å²) in [6.45, 7) is 1.09. The Balaban J connectivity index is 2.11. The summed E-state index contributed by atoms with van der Waals surface area (Å²) in [5.74, 6) is 0.278. The van der Waals surface area contributed by atoms with Crippen LogP contribution in [0, 0.1) is 0 Å². The third-order valence-electron chi connectivity index (χ3n) is 2.73. The second-order valence-electron chi connectivity index (χ2n) is 3.98. The van der Waals surface area contributed by atoms with Gasteiger partial charge in [-0.25, -0.2) is 8.42 Å². The second-order valence-corrected chi connectivity index (χ2v) is 6.51. The molecule has 3 nitrogen and oxygen atoms in total. The van der Waals surface area contributed by atoms with Gasteiger partial charge in [0.1, 0.15) is 0 Å². The number of sulfonamides is 1. The van der Waals surface area contributed by atoms with Crippen molar-refractivity contribution in [2.45, 2.75) is 19.4 Å². The molecular formula is C11H14ClNO2S. The molecule has 5 heteroatoms. The first kappa shape index (κ1) is 11.9. The Hall–Kier alpha value is -0.580. The highest BCUT2D eigenvalue weighted by Gasteiger charge is 2.25. The molecule has 0 unspecified atom stereocenters. The lowest BCUT2D eigenvalue weighted by atomic mass is 10.2. The van der Waals surface area contributed by atoms with Crippen molar-refractivity contribution in [2.75, 3.05) is 12.3 Å². The average Bonchev–Trinajstić information content (AvgIpc) is 2.24. The van der Waals surface area contributed by atoms with Crippen LogP contribution in [0.15, 0.2) is 24.3 Å². The molecule has 0 N–H and O–H groups in total. The van der Waals surface area contributed by atoms with Gasteiger partial charge in [-0.15, -0.1) is 0 Å². The SMILES string of the molecule is O=S1(=O)CCCCN1Cc1ccc(Cl)cc1. The Morgan fingerprint density at radius 1 is 1.19 bits per heavy atom. The Labute approximate surface area is 101 Å². The van der Waals surface area contributed by atoms with Crippen LogP contribution in [0.25, 0.3) is 0 Å². The minimum absolute atomic E-state index is 0.278. The van der Waals surface area contributed by atoms with Gasteiger partial charge in [0, 0.05) is 18.1 Å². The molecule has 0 aliphatic carbocycles. The predicted molar refractivity (Wildman–Crippen MR) is 64.9 cm³/mol. The van der Waals surface area contributed by atoms with Gasteiger partial charge in [0.05, 0.1) is 5.75 Å². The third kappa shape index (κ3) is 2.75. The van der Waals surface area contributed by atoms with Gasteiger partial charge in [0.2, 0.25) is 10.0 Å². The summed E-state index contributed by atoms with van der Waals surface area (Å²) in [6.07, 6.45) is 1.73. The first-order valence-corrected chi connectivity index (χ1v) is 7.29. The molecule has 0 aromatic heterocycles. The molecule has 1 heterocycles. The molecule has 1 saturated heterocycles. The number of rotatable bonds is 2. The minimum atomic E-state index is -3.03. The van der Waals surface area contributed by atoms with Crippen molar-refractivity contribution in [3.63, 3.8) is 0 Å². The smallest absolute Gasteiger partial charge is 0.212 e. The van der Waals surface area contributed by atoms with Gasteiger partial charge in [-0.2, -0.15) is 4.31 Å². The van der Waals surface area contributed by atoms with Crippen LogP contribution in [0.2, 0.25) is 5.02 Å². The van der Waals surface area contributed by atoms with Crippen LogP contribution in [-0.4, -0.2) is 25.0 Å². The van der Waals surface area contributed by atoms with Crippen LogP contribution in [0.1, 0.15) is 18.4 Å². The van der Waals surface area contributed by atoms with Gasteiger partial charge < -0.3 is 0 Å². The monoisotopic (exact) mass is 259 g/mol. The summed E-state index contributed by atoms with van der Waals surface area (Å²) in [5.41, 5.74) is 0.981. The van der Waals surface area contributed by atoms with E-state index in [1.54, 1.807) is 16.4 Å². The van der Waals surface area contributed by atoms with Gasteiger partial charge in [0.25, 0.3) is 0 Å². The van der Waals surface area contributed by atoms with Gasteiger partial charge in [-0.1, -0.05) is 23.7 Å². The molecule has 1 aliphatic rings. The molecule has 16 heavy (non-hydrogen) atoms. The molecule has 2 rings (SSSR count). The molecule has 0 saturated carbocycles. The summed E-state index contributed by atoms with van der Waals surface area (Å²) >= 11 is 5.78. The van der Waals surface area contributed by atoms with Crippen LogP contribution >= 0.6 is 11.6 Å². The van der Waals surface area contributed by atoms with E-state index in [9.17, 15) is 8.42 Å². The molecule has 0 amide bonds. The number of hydrogen-bond acceptors (Lipinski definition) is 2. The van der Waals surface area contributed by atoms with Crippen LogP contribution in [0.3, 0.4) is 0 Å². The van der Waals surface area contributed by atoms with Crippen molar-refractivity contribution in [1.29, 1.82) is 0 Å². The summed E-state index contributed by atoms with van der Waals surface area (Å²) in [6, 6.07) is 7.31. The number of halogens is 1. The van der Waals surface area contributed by atoms with E-state index in [0.29, 0.717) is 18.1 Å². The largest absolute Gasteiger partial charge is 0.214 e. The van der Waals surface area contributed by atoms with E-state index in [0.717, 1.165) is 18.4 Å². The van der Waals surface area contributed by atoms with E-state index in [-0.39, 0.29) is 5.75 Å². The first-order valence-electron chi connectivity index (χ1n) is 5.30. The Morgan fingerprint density at radius 2 is 1.88 bits per heavy atom. The molecule has 0 radical (unpaired) electrons. The van der Waals surface area contributed by atoms with Gasteiger partial charge in [-0.05, 0) is 30.5 Å². The lowest BCUT2D eigenvalue weighted by Gasteiger charge is -2.26. The standard InChI is InChI=1S/C11H14ClNO2S/c12-11-5-3-10(4-6-11)9-13-7-1-2-8-16(13,14)15/h3-6H,1-2,7-9H2. The topological polar surface area (TPSA) is 37.4 Å². The normalized spacial score (nSPS) is 20.8. The summed E-state index contributed by atoms with van der Waals surface area (Å²) < 4.78 is 25.1. The summed E-state index contributed by atoms with van der Waals surface area (Å²) in [5, 5.41) is 0.672. The fourth-order valence-corrected chi connectivity index (χ4v) is 3.52. The number of hydrogen-bond donors (Lipinski definition) is 0.